The predicted molar refractivity (Wildman–Crippen MR) is 119 cm³/mol. The van der Waals surface area contributed by atoms with Crippen molar-refractivity contribution >= 4 is 39.1 Å². The van der Waals surface area contributed by atoms with E-state index in [1.807, 2.05) is 37.3 Å². The molecular weight excluding hydrogens is 471 g/mol. The summed E-state index contributed by atoms with van der Waals surface area (Å²) in [5.74, 6) is -0.553. The molecule has 1 N–H and O–H groups in total. The van der Waals surface area contributed by atoms with Gasteiger partial charge in [-0.3, -0.25) is 4.79 Å². The molecule has 0 aliphatic heterocycles. The van der Waals surface area contributed by atoms with E-state index in [0.29, 0.717) is 22.2 Å². The van der Waals surface area contributed by atoms with Gasteiger partial charge in [-0.2, -0.15) is 0 Å². The van der Waals surface area contributed by atoms with E-state index < -0.39 is 11.7 Å². The fourth-order valence-electron chi connectivity index (χ4n) is 2.93. The molecule has 3 aromatic carbocycles. The van der Waals surface area contributed by atoms with Crippen LogP contribution in [0, 0.1) is 12.7 Å². The molecule has 0 spiro atoms. The van der Waals surface area contributed by atoms with E-state index in [-0.39, 0.29) is 5.82 Å². The lowest BCUT2D eigenvalue weighted by Crippen LogP contribution is -2.14. The number of carbonyl (C=O) groups excluding carboxylic acids is 1. The molecule has 0 bridgehead atoms. The molecule has 8 heteroatoms. The van der Waals surface area contributed by atoms with E-state index in [0.717, 1.165) is 15.6 Å². The Labute approximate surface area is 185 Å². The molecule has 0 saturated carbocycles. The van der Waals surface area contributed by atoms with Crippen LogP contribution in [-0.2, 0) is 0 Å². The molecule has 0 fully saturated rings. The number of aryl methyl sites for hydroxylation is 1. The number of nitrogens with one attached hydrogen (secondary N) is 1. The summed E-state index contributed by atoms with van der Waals surface area (Å²) in [6.07, 6.45) is 0. The Hall–Kier alpha value is -3.03. The molecule has 1 aromatic heterocycles. The number of anilines is 1. The van der Waals surface area contributed by atoms with Gasteiger partial charge in [-0.1, -0.05) is 51.8 Å². The number of aromatic nitrogens is 3. The van der Waals surface area contributed by atoms with Crippen molar-refractivity contribution in [3.8, 4) is 17.1 Å². The van der Waals surface area contributed by atoms with Crippen molar-refractivity contribution in [2.45, 2.75) is 6.92 Å². The van der Waals surface area contributed by atoms with Crippen molar-refractivity contribution in [2.24, 2.45) is 0 Å². The van der Waals surface area contributed by atoms with Gasteiger partial charge in [0.15, 0.2) is 5.82 Å². The maximum Gasteiger partial charge on any atom is 0.295 e. The first-order valence-corrected chi connectivity index (χ1v) is 10.1. The molecule has 4 rings (SSSR count). The minimum atomic E-state index is -0.544. The van der Waals surface area contributed by atoms with Crippen LogP contribution in [0.1, 0.15) is 16.2 Å². The standard InChI is InChI=1S/C22H15BrClFN4O/c1-13-5-10-16(24)11-19(13)29-21(14-6-8-15(23)9-7-14)27-20(28-29)22(30)26-18-4-2-3-17(25)12-18/h2-12H,1H3,(H,26,30). The van der Waals surface area contributed by atoms with Gasteiger partial charge in [0, 0.05) is 20.7 Å². The van der Waals surface area contributed by atoms with E-state index in [2.05, 4.69) is 31.3 Å². The van der Waals surface area contributed by atoms with Crippen LogP contribution >= 0.6 is 27.5 Å². The van der Waals surface area contributed by atoms with Gasteiger partial charge in [-0.25, -0.2) is 14.1 Å². The Morgan fingerprint density at radius 3 is 2.60 bits per heavy atom. The third-order valence-corrected chi connectivity index (χ3v) is 5.16. The Balaban J connectivity index is 1.80. The fraction of sp³-hybridized carbons (Fsp3) is 0.0455. The van der Waals surface area contributed by atoms with Crippen LogP contribution in [0.15, 0.2) is 71.2 Å². The van der Waals surface area contributed by atoms with Crippen LogP contribution in [0.3, 0.4) is 0 Å². The van der Waals surface area contributed by atoms with E-state index in [9.17, 15) is 9.18 Å². The average molecular weight is 486 g/mol. The monoisotopic (exact) mass is 484 g/mol. The van der Waals surface area contributed by atoms with Gasteiger partial charge < -0.3 is 5.32 Å². The normalized spacial score (nSPS) is 10.8. The number of nitrogens with zero attached hydrogens (tertiary/aromatic N) is 3. The minimum Gasteiger partial charge on any atom is -0.319 e. The number of hydrogen-bond acceptors (Lipinski definition) is 3. The third kappa shape index (κ3) is 4.27. The van der Waals surface area contributed by atoms with Crippen molar-refractivity contribution in [2.75, 3.05) is 5.32 Å². The number of amides is 1. The van der Waals surface area contributed by atoms with Gasteiger partial charge in [0.05, 0.1) is 5.69 Å². The van der Waals surface area contributed by atoms with Crippen molar-refractivity contribution < 1.29 is 9.18 Å². The molecule has 0 unspecified atom stereocenters. The van der Waals surface area contributed by atoms with Crippen LogP contribution in [0.5, 0.6) is 0 Å². The van der Waals surface area contributed by atoms with Gasteiger partial charge in [0.2, 0.25) is 5.82 Å². The smallest absolute Gasteiger partial charge is 0.295 e. The summed E-state index contributed by atoms with van der Waals surface area (Å²) in [5.41, 5.74) is 2.72. The van der Waals surface area contributed by atoms with Crippen molar-refractivity contribution in [1.29, 1.82) is 0 Å². The summed E-state index contributed by atoms with van der Waals surface area (Å²) in [7, 11) is 0. The summed E-state index contributed by atoms with van der Waals surface area (Å²) in [5, 5.41) is 7.60. The zero-order valence-electron chi connectivity index (χ0n) is 15.7. The number of carbonyl (C=O) groups is 1. The highest BCUT2D eigenvalue weighted by Crippen LogP contribution is 2.26. The second-order valence-corrected chi connectivity index (χ2v) is 7.93. The maximum absolute atomic E-state index is 13.4. The SMILES string of the molecule is Cc1ccc(Cl)cc1-n1nc(C(=O)Nc2cccc(F)c2)nc1-c1ccc(Br)cc1. The fourth-order valence-corrected chi connectivity index (χ4v) is 3.36. The first kappa shape index (κ1) is 20.3. The molecule has 0 saturated heterocycles. The number of hydrogen-bond donors (Lipinski definition) is 1. The highest BCUT2D eigenvalue weighted by Gasteiger charge is 2.20. The molecule has 150 valence electrons. The minimum absolute atomic E-state index is 0.0449. The van der Waals surface area contributed by atoms with Crippen LogP contribution < -0.4 is 5.32 Å². The predicted octanol–water partition coefficient (Wildman–Crippen LogP) is 6.05. The lowest BCUT2D eigenvalue weighted by atomic mass is 10.2. The first-order valence-electron chi connectivity index (χ1n) is 8.97. The molecule has 1 amide bonds. The molecule has 5 nitrogen and oxygen atoms in total. The Morgan fingerprint density at radius 1 is 1.10 bits per heavy atom. The molecule has 1 heterocycles. The van der Waals surface area contributed by atoms with E-state index in [4.69, 9.17) is 11.6 Å². The quantitative estimate of drug-likeness (QED) is 0.383. The molecule has 30 heavy (non-hydrogen) atoms. The molecular formula is C22H15BrClFN4O. The van der Waals surface area contributed by atoms with Gasteiger partial charge in [0.1, 0.15) is 5.82 Å². The highest BCUT2D eigenvalue weighted by molar-refractivity contribution is 9.10. The van der Waals surface area contributed by atoms with Crippen LogP contribution in [0.25, 0.3) is 17.1 Å². The van der Waals surface area contributed by atoms with Crippen molar-refractivity contribution in [3.63, 3.8) is 0 Å². The Bertz CT molecular complexity index is 1240. The molecule has 0 aliphatic carbocycles. The van der Waals surface area contributed by atoms with E-state index in [1.165, 1.54) is 18.2 Å². The summed E-state index contributed by atoms with van der Waals surface area (Å²) in [6.45, 7) is 1.92. The zero-order chi connectivity index (χ0) is 21.3. The number of rotatable bonds is 4. The summed E-state index contributed by atoms with van der Waals surface area (Å²) < 4.78 is 15.9. The molecule has 4 aromatic rings. The number of halogens is 3. The zero-order valence-corrected chi connectivity index (χ0v) is 18.1. The van der Waals surface area contributed by atoms with Gasteiger partial charge >= 0.3 is 0 Å². The van der Waals surface area contributed by atoms with Crippen molar-refractivity contribution in [1.82, 2.24) is 14.8 Å². The first-order chi connectivity index (χ1) is 14.4. The van der Waals surface area contributed by atoms with Crippen LogP contribution in [0.2, 0.25) is 5.02 Å². The molecule has 0 aliphatic rings. The Morgan fingerprint density at radius 2 is 1.87 bits per heavy atom. The lowest BCUT2D eigenvalue weighted by Gasteiger charge is -2.09. The second-order valence-electron chi connectivity index (χ2n) is 6.57. The van der Waals surface area contributed by atoms with Gasteiger partial charge in [-0.05, 0) is 55.0 Å². The van der Waals surface area contributed by atoms with Crippen LogP contribution in [0.4, 0.5) is 10.1 Å². The van der Waals surface area contributed by atoms with Crippen molar-refractivity contribution in [3.05, 3.63) is 93.4 Å². The largest absolute Gasteiger partial charge is 0.319 e. The number of benzene rings is 3. The van der Waals surface area contributed by atoms with E-state index in [1.54, 1.807) is 22.9 Å². The lowest BCUT2D eigenvalue weighted by molar-refractivity contribution is 0.101. The summed E-state index contributed by atoms with van der Waals surface area (Å²) in [6, 6.07) is 18.6. The average Bonchev–Trinajstić information content (AvgIpc) is 3.16. The molecule has 0 radical (unpaired) electrons. The van der Waals surface area contributed by atoms with Gasteiger partial charge in [0.25, 0.3) is 5.91 Å². The third-order valence-electron chi connectivity index (χ3n) is 4.39. The highest BCUT2D eigenvalue weighted by atomic mass is 79.9. The topological polar surface area (TPSA) is 59.8 Å². The van der Waals surface area contributed by atoms with Crippen LogP contribution in [-0.4, -0.2) is 20.7 Å². The Kier molecular flexibility index (Phi) is 5.65. The second kappa shape index (κ2) is 8.38. The maximum atomic E-state index is 13.4. The summed E-state index contributed by atoms with van der Waals surface area (Å²) >= 11 is 9.61. The van der Waals surface area contributed by atoms with E-state index >= 15 is 0 Å². The summed E-state index contributed by atoms with van der Waals surface area (Å²) in [4.78, 5) is 17.2. The van der Waals surface area contributed by atoms with Gasteiger partial charge in [-0.15, -0.1) is 5.10 Å². The molecule has 0 atom stereocenters.